The van der Waals surface area contributed by atoms with Crippen LogP contribution in [0.3, 0.4) is 0 Å². The van der Waals surface area contributed by atoms with Crippen molar-refractivity contribution in [3.8, 4) is 17.2 Å². The van der Waals surface area contributed by atoms with Gasteiger partial charge in [0.15, 0.2) is 6.61 Å². The van der Waals surface area contributed by atoms with E-state index >= 15 is 0 Å². The third-order valence-electron chi connectivity index (χ3n) is 5.10. The minimum absolute atomic E-state index is 0.0141. The molecular weight excluding hydrogens is 358 g/mol. The van der Waals surface area contributed by atoms with E-state index in [2.05, 4.69) is 5.32 Å². The molecule has 148 valence electrons. The lowest BCUT2D eigenvalue weighted by Crippen LogP contribution is -2.49. The summed E-state index contributed by atoms with van der Waals surface area (Å²) in [6, 6.07) is 16.9. The molecule has 4 rings (SSSR count). The maximum absolute atomic E-state index is 12.3. The molecule has 1 N–H and O–H groups in total. The molecule has 0 unspecified atom stereocenters. The second-order valence-corrected chi connectivity index (χ2v) is 7.27. The molecule has 2 aliphatic rings. The molecule has 0 aromatic heterocycles. The highest BCUT2D eigenvalue weighted by Crippen LogP contribution is 2.32. The third kappa shape index (κ3) is 4.82. The summed E-state index contributed by atoms with van der Waals surface area (Å²) in [7, 11) is 0. The van der Waals surface area contributed by atoms with Gasteiger partial charge < -0.3 is 24.3 Å². The zero-order valence-corrected chi connectivity index (χ0v) is 15.8. The molecule has 6 heteroatoms. The Hall–Kier alpha value is -2.57. The molecule has 0 saturated carbocycles. The standard InChI is InChI=1S/C22H25NO5/c24-21(23-17-10-12-27-22(14-17)11-13-25-16-22)15-26-18-6-8-20(9-7-18)28-19-4-2-1-3-5-19/h1-9,17H,10-16H2,(H,23,24)/t17-,22+/m1/s1. The Bertz CT molecular complexity index is 771. The summed E-state index contributed by atoms with van der Waals surface area (Å²) in [5.74, 6) is 2.00. The molecule has 1 spiro atoms. The van der Waals surface area contributed by atoms with Gasteiger partial charge in [-0.25, -0.2) is 0 Å². The Labute approximate surface area is 164 Å². The van der Waals surface area contributed by atoms with Gasteiger partial charge in [-0.1, -0.05) is 18.2 Å². The first-order chi connectivity index (χ1) is 13.7. The van der Waals surface area contributed by atoms with Crippen LogP contribution in [-0.2, 0) is 14.3 Å². The number of nitrogens with one attached hydrogen (secondary N) is 1. The predicted octanol–water partition coefficient (Wildman–Crippen LogP) is 3.31. The first-order valence-corrected chi connectivity index (χ1v) is 9.68. The Morgan fingerprint density at radius 1 is 1.04 bits per heavy atom. The topological polar surface area (TPSA) is 66.0 Å². The average Bonchev–Trinajstić information content (AvgIpc) is 3.16. The van der Waals surface area contributed by atoms with Crippen LogP contribution in [0.1, 0.15) is 19.3 Å². The summed E-state index contributed by atoms with van der Waals surface area (Å²) in [5.41, 5.74) is -0.217. The fraction of sp³-hybridized carbons (Fsp3) is 0.409. The van der Waals surface area contributed by atoms with E-state index in [0.29, 0.717) is 24.7 Å². The Kier molecular flexibility index (Phi) is 5.78. The van der Waals surface area contributed by atoms with Crippen molar-refractivity contribution >= 4 is 5.91 Å². The van der Waals surface area contributed by atoms with E-state index in [9.17, 15) is 4.79 Å². The molecule has 2 fully saturated rings. The van der Waals surface area contributed by atoms with Gasteiger partial charge in [-0.3, -0.25) is 4.79 Å². The Balaban J connectivity index is 1.23. The highest BCUT2D eigenvalue weighted by atomic mass is 16.6. The van der Waals surface area contributed by atoms with Crippen molar-refractivity contribution in [3.63, 3.8) is 0 Å². The van der Waals surface area contributed by atoms with Gasteiger partial charge >= 0.3 is 0 Å². The summed E-state index contributed by atoms with van der Waals surface area (Å²) >= 11 is 0. The largest absolute Gasteiger partial charge is 0.484 e. The normalized spacial score (nSPS) is 24.1. The van der Waals surface area contributed by atoms with Crippen LogP contribution in [0.5, 0.6) is 17.2 Å². The first-order valence-electron chi connectivity index (χ1n) is 9.68. The molecule has 2 aliphatic heterocycles. The monoisotopic (exact) mass is 383 g/mol. The number of ether oxygens (including phenoxy) is 4. The van der Waals surface area contributed by atoms with Gasteiger partial charge in [0.1, 0.15) is 17.2 Å². The van der Waals surface area contributed by atoms with Crippen molar-refractivity contribution in [1.29, 1.82) is 0 Å². The molecule has 2 aromatic carbocycles. The minimum atomic E-state index is -0.217. The SMILES string of the molecule is O=C(COc1ccc(Oc2ccccc2)cc1)N[C@@H]1CCO[C@@]2(CCOC2)C1. The van der Waals surface area contributed by atoms with Crippen LogP contribution < -0.4 is 14.8 Å². The maximum Gasteiger partial charge on any atom is 0.258 e. The minimum Gasteiger partial charge on any atom is -0.484 e. The van der Waals surface area contributed by atoms with Crippen molar-refractivity contribution in [2.24, 2.45) is 0 Å². The highest BCUT2D eigenvalue weighted by Gasteiger charge is 2.41. The Morgan fingerprint density at radius 3 is 2.54 bits per heavy atom. The molecule has 0 bridgehead atoms. The van der Waals surface area contributed by atoms with Gasteiger partial charge in [-0.2, -0.15) is 0 Å². The third-order valence-corrected chi connectivity index (χ3v) is 5.10. The zero-order valence-electron chi connectivity index (χ0n) is 15.8. The lowest BCUT2D eigenvalue weighted by molar-refractivity contribution is -0.127. The molecular formula is C22H25NO5. The van der Waals surface area contributed by atoms with Gasteiger partial charge in [0, 0.05) is 25.7 Å². The van der Waals surface area contributed by atoms with Crippen LogP contribution in [0.2, 0.25) is 0 Å². The second kappa shape index (κ2) is 8.63. The fourth-order valence-electron chi connectivity index (χ4n) is 3.66. The number of hydrogen-bond acceptors (Lipinski definition) is 5. The molecule has 2 aromatic rings. The lowest BCUT2D eigenvalue weighted by atomic mass is 9.90. The van der Waals surface area contributed by atoms with Crippen molar-refractivity contribution in [2.75, 3.05) is 26.4 Å². The fourth-order valence-corrected chi connectivity index (χ4v) is 3.66. The van der Waals surface area contributed by atoms with Gasteiger partial charge in [0.25, 0.3) is 5.91 Å². The number of carbonyl (C=O) groups excluding carboxylic acids is 1. The smallest absolute Gasteiger partial charge is 0.258 e. The lowest BCUT2D eigenvalue weighted by Gasteiger charge is -2.37. The number of benzene rings is 2. The molecule has 6 nitrogen and oxygen atoms in total. The molecule has 0 aliphatic carbocycles. The summed E-state index contributed by atoms with van der Waals surface area (Å²) in [6.45, 7) is 1.98. The zero-order chi connectivity index (χ0) is 19.2. The van der Waals surface area contributed by atoms with Gasteiger partial charge in [0.05, 0.1) is 12.2 Å². The first kappa shape index (κ1) is 18.8. The van der Waals surface area contributed by atoms with E-state index in [0.717, 1.165) is 31.6 Å². The van der Waals surface area contributed by atoms with E-state index in [1.807, 2.05) is 42.5 Å². The van der Waals surface area contributed by atoms with Crippen molar-refractivity contribution in [3.05, 3.63) is 54.6 Å². The predicted molar refractivity (Wildman–Crippen MR) is 104 cm³/mol. The molecule has 1 amide bonds. The molecule has 0 radical (unpaired) electrons. The molecule has 2 saturated heterocycles. The van der Waals surface area contributed by atoms with Crippen molar-refractivity contribution in [1.82, 2.24) is 5.32 Å². The van der Waals surface area contributed by atoms with Crippen LogP contribution in [0.25, 0.3) is 0 Å². The van der Waals surface area contributed by atoms with E-state index in [1.54, 1.807) is 12.1 Å². The van der Waals surface area contributed by atoms with E-state index in [-0.39, 0.29) is 24.2 Å². The van der Waals surface area contributed by atoms with Crippen LogP contribution in [0.4, 0.5) is 0 Å². The quantitative estimate of drug-likeness (QED) is 0.829. The molecule has 2 atom stereocenters. The number of carbonyl (C=O) groups is 1. The van der Waals surface area contributed by atoms with E-state index in [4.69, 9.17) is 18.9 Å². The van der Waals surface area contributed by atoms with Crippen molar-refractivity contribution in [2.45, 2.75) is 30.9 Å². The number of hydrogen-bond donors (Lipinski definition) is 1. The van der Waals surface area contributed by atoms with Gasteiger partial charge in [0.2, 0.25) is 0 Å². The number of amides is 1. The molecule has 2 heterocycles. The van der Waals surface area contributed by atoms with Gasteiger partial charge in [-0.15, -0.1) is 0 Å². The highest BCUT2D eigenvalue weighted by molar-refractivity contribution is 5.77. The summed E-state index contributed by atoms with van der Waals surface area (Å²) < 4.78 is 22.7. The molecule has 28 heavy (non-hydrogen) atoms. The van der Waals surface area contributed by atoms with Crippen LogP contribution >= 0.6 is 0 Å². The van der Waals surface area contributed by atoms with Crippen LogP contribution in [0.15, 0.2) is 54.6 Å². The van der Waals surface area contributed by atoms with Crippen molar-refractivity contribution < 1.29 is 23.7 Å². The van der Waals surface area contributed by atoms with Crippen LogP contribution in [0, 0.1) is 0 Å². The second-order valence-electron chi connectivity index (χ2n) is 7.27. The number of rotatable bonds is 6. The van der Waals surface area contributed by atoms with E-state index in [1.165, 1.54) is 0 Å². The van der Waals surface area contributed by atoms with Gasteiger partial charge in [-0.05, 0) is 49.2 Å². The summed E-state index contributed by atoms with van der Waals surface area (Å²) in [5, 5.41) is 3.06. The van der Waals surface area contributed by atoms with Crippen LogP contribution in [-0.4, -0.2) is 44.0 Å². The average molecular weight is 383 g/mol. The van der Waals surface area contributed by atoms with E-state index < -0.39 is 0 Å². The maximum atomic E-state index is 12.3. The Morgan fingerprint density at radius 2 is 1.79 bits per heavy atom. The number of para-hydroxylation sites is 1. The summed E-state index contributed by atoms with van der Waals surface area (Å²) in [6.07, 6.45) is 2.51. The summed E-state index contributed by atoms with van der Waals surface area (Å²) in [4.78, 5) is 12.3.